The number of aliphatic hydroxyl groups is 1. The maximum Gasteiger partial charge on any atom is 0.0762 e. The molecule has 2 aromatic rings. The summed E-state index contributed by atoms with van der Waals surface area (Å²) in [6.07, 6.45) is -0.493. The van der Waals surface area contributed by atoms with Gasteiger partial charge in [-0.3, -0.25) is 0 Å². The molecule has 0 bridgehead atoms. The lowest BCUT2D eigenvalue weighted by Crippen LogP contribution is -1.91. The van der Waals surface area contributed by atoms with Crippen LogP contribution in [0.15, 0.2) is 47.4 Å². The number of hydrogen-bond donors (Lipinski definition) is 1. The quantitative estimate of drug-likeness (QED) is 0.769. The lowest BCUT2D eigenvalue weighted by atomic mass is 10.1. The second kappa shape index (κ2) is 6.67. The molecule has 0 aliphatic carbocycles. The van der Waals surface area contributed by atoms with E-state index in [9.17, 15) is 5.11 Å². The number of halogens is 2. The summed E-state index contributed by atoms with van der Waals surface area (Å²) >= 11 is 13.7. The Labute approximate surface area is 127 Å². The van der Waals surface area contributed by atoms with Gasteiger partial charge in [0.1, 0.15) is 0 Å². The zero-order chi connectivity index (χ0) is 13.8. The van der Waals surface area contributed by atoms with Crippen LogP contribution in [0.4, 0.5) is 0 Å². The number of aliphatic hydroxyl groups excluding tert-OH is 1. The standard InChI is InChI=1S/C15H14Cl2OS/c1-10(18)12-4-7-15(14(17)8-12)19-9-11-2-5-13(16)6-3-11/h2-8,10,18H,9H2,1H3. The maximum absolute atomic E-state index is 9.49. The largest absolute Gasteiger partial charge is 0.389 e. The molecule has 0 aliphatic rings. The minimum Gasteiger partial charge on any atom is -0.389 e. The highest BCUT2D eigenvalue weighted by Crippen LogP contribution is 2.32. The van der Waals surface area contributed by atoms with Gasteiger partial charge in [0.15, 0.2) is 0 Å². The predicted molar refractivity (Wildman–Crippen MR) is 83.1 cm³/mol. The topological polar surface area (TPSA) is 20.2 Å². The van der Waals surface area contributed by atoms with Gasteiger partial charge < -0.3 is 5.11 Å². The van der Waals surface area contributed by atoms with Crippen molar-refractivity contribution in [2.45, 2.75) is 23.7 Å². The summed E-state index contributed by atoms with van der Waals surface area (Å²) in [4.78, 5) is 1.01. The van der Waals surface area contributed by atoms with Crippen LogP contribution < -0.4 is 0 Å². The third-order valence-electron chi connectivity index (χ3n) is 2.75. The van der Waals surface area contributed by atoms with Crippen LogP contribution >= 0.6 is 35.0 Å². The van der Waals surface area contributed by atoms with Gasteiger partial charge in [-0.15, -0.1) is 11.8 Å². The first-order valence-electron chi connectivity index (χ1n) is 5.91. The lowest BCUT2D eigenvalue weighted by Gasteiger charge is -2.09. The van der Waals surface area contributed by atoms with Crippen LogP contribution in [-0.2, 0) is 5.75 Å². The molecule has 0 saturated heterocycles. The predicted octanol–water partition coefficient (Wildman–Crippen LogP) is 5.34. The molecule has 100 valence electrons. The second-order valence-electron chi connectivity index (χ2n) is 4.28. The van der Waals surface area contributed by atoms with Crippen molar-refractivity contribution in [2.75, 3.05) is 0 Å². The van der Waals surface area contributed by atoms with Gasteiger partial charge in [0.2, 0.25) is 0 Å². The highest BCUT2D eigenvalue weighted by Gasteiger charge is 2.06. The minimum absolute atomic E-state index is 0.493. The SMILES string of the molecule is CC(O)c1ccc(SCc2ccc(Cl)cc2)c(Cl)c1. The van der Waals surface area contributed by atoms with Gasteiger partial charge in [0.05, 0.1) is 11.1 Å². The van der Waals surface area contributed by atoms with Gasteiger partial charge in [0.25, 0.3) is 0 Å². The van der Waals surface area contributed by atoms with Crippen molar-refractivity contribution in [1.29, 1.82) is 0 Å². The molecule has 0 fully saturated rings. The molecule has 0 saturated carbocycles. The molecule has 1 unspecified atom stereocenters. The van der Waals surface area contributed by atoms with E-state index in [0.29, 0.717) is 5.02 Å². The summed E-state index contributed by atoms with van der Waals surface area (Å²) < 4.78 is 0. The average molecular weight is 313 g/mol. The molecule has 0 radical (unpaired) electrons. The Morgan fingerprint density at radius 2 is 1.79 bits per heavy atom. The Kier molecular flexibility index (Phi) is 5.17. The molecule has 0 aromatic heterocycles. The second-order valence-corrected chi connectivity index (χ2v) is 6.14. The first-order chi connectivity index (χ1) is 9.06. The van der Waals surface area contributed by atoms with E-state index in [2.05, 4.69) is 0 Å². The Bertz CT molecular complexity index is 553. The minimum atomic E-state index is -0.493. The van der Waals surface area contributed by atoms with E-state index in [1.165, 1.54) is 5.56 Å². The number of benzene rings is 2. The highest BCUT2D eigenvalue weighted by atomic mass is 35.5. The van der Waals surface area contributed by atoms with Crippen molar-refractivity contribution in [2.24, 2.45) is 0 Å². The smallest absolute Gasteiger partial charge is 0.0762 e. The number of hydrogen-bond acceptors (Lipinski definition) is 2. The van der Waals surface area contributed by atoms with Crippen LogP contribution in [0.1, 0.15) is 24.2 Å². The van der Waals surface area contributed by atoms with Crippen LogP contribution in [0, 0.1) is 0 Å². The average Bonchev–Trinajstić information content (AvgIpc) is 2.39. The molecule has 4 heteroatoms. The summed E-state index contributed by atoms with van der Waals surface area (Å²) in [5.74, 6) is 0.838. The zero-order valence-electron chi connectivity index (χ0n) is 10.4. The van der Waals surface area contributed by atoms with Gasteiger partial charge in [-0.1, -0.05) is 41.4 Å². The van der Waals surface area contributed by atoms with E-state index in [1.54, 1.807) is 18.7 Å². The summed E-state index contributed by atoms with van der Waals surface area (Å²) in [7, 11) is 0. The van der Waals surface area contributed by atoms with E-state index in [1.807, 2.05) is 42.5 Å². The van der Waals surface area contributed by atoms with E-state index in [-0.39, 0.29) is 0 Å². The molecule has 0 aliphatic heterocycles. The molecule has 2 aromatic carbocycles. The van der Waals surface area contributed by atoms with Crippen LogP contribution in [0.5, 0.6) is 0 Å². The van der Waals surface area contributed by atoms with Crippen molar-refractivity contribution < 1.29 is 5.11 Å². The van der Waals surface area contributed by atoms with E-state index in [4.69, 9.17) is 23.2 Å². The first-order valence-corrected chi connectivity index (χ1v) is 7.65. The molecule has 2 rings (SSSR count). The van der Waals surface area contributed by atoms with Crippen LogP contribution in [0.2, 0.25) is 10.0 Å². The fraction of sp³-hybridized carbons (Fsp3) is 0.200. The van der Waals surface area contributed by atoms with Gasteiger partial charge >= 0.3 is 0 Å². The third-order valence-corrected chi connectivity index (χ3v) is 4.57. The van der Waals surface area contributed by atoms with Crippen molar-refractivity contribution in [3.8, 4) is 0 Å². The van der Waals surface area contributed by atoms with Crippen molar-refractivity contribution in [3.05, 3.63) is 63.6 Å². The molecule has 1 nitrogen and oxygen atoms in total. The summed E-state index contributed by atoms with van der Waals surface area (Å²) in [6, 6.07) is 13.5. The van der Waals surface area contributed by atoms with Gasteiger partial charge in [0, 0.05) is 15.7 Å². The van der Waals surface area contributed by atoms with E-state index >= 15 is 0 Å². The highest BCUT2D eigenvalue weighted by molar-refractivity contribution is 7.98. The monoisotopic (exact) mass is 312 g/mol. The molecular weight excluding hydrogens is 299 g/mol. The Morgan fingerprint density at radius 3 is 2.37 bits per heavy atom. The van der Waals surface area contributed by atoms with Crippen molar-refractivity contribution in [1.82, 2.24) is 0 Å². The third kappa shape index (κ3) is 4.15. The molecular formula is C15H14Cl2OS. The Balaban J connectivity index is 2.05. The van der Waals surface area contributed by atoms with Crippen molar-refractivity contribution in [3.63, 3.8) is 0 Å². The number of rotatable bonds is 4. The van der Waals surface area contributed by atoms with E-state index < -0.39 is 6.10 Å². The molecule has 0 heterocycles. The summed E-state index contributed by atoms with van der Waals surface area (Å²) in [5, 5.41) is 10.9. The van der Waals surface area contributed by atoms with Crippen LogP contribution in [-0.4, -0.2) is 5.11 Å². The first kappa shape index (κ1) is 14.7. The van der Waals surface area contributed by atoms with Gasteiger partial charge in [-0.05, 0) is 42.3 Å². The normalized spacial score (nSPS) is 12.4. The van der Waals surface area contributed by atoms with Crippen LogP contribution in [0.25, 0.3) is 0 Å². The fourth-order valence-corrected chi connectivity index (χ4v) is 2.99. The maximum atomic E-state index is 9.49. The zero-order valence-corrected chi connectivity index (χ0v) is 12.8. The molecule has 1 N–H and O–H groups in total. The van der Waals surface area contributed by atoms with Gasteiger partial charge in [-0.2, -0.15) is 0 Å². The molecule has 0 spiro atoms. The summed E-state index contributed by atoms with van der Waals surface area (Å²) in [6.45, 7) is 1.73. The van der Waals surface area contributed by atoms with Crippen LogP contribution in [0.3, 0.4) is 0 Å². The lowest BCUT2D eigenvalue weighted by molar-refractivity contribution is 0.199. The molecule has 0 amide bonds. The fourth-order valence-electron chi connectivity index (χ4n) is 1.64. The Hall–Kier alpha value is -0.670. The summed E-state index contributed by atoms with van der Waals surface area (Å²) in [5.41, 5.74) is 2.03. The van der Waals surface area contributed by atoms with E-state index in [0.717, 1.165) is 21.2 Å². The Morgan fingerprint density at radius 1 is 1.11 bits per heavy atom. The molecule has 1 atom stereocenters. The van der Waals surface area contributed by atoms with Gasteiger partial charge in [-0.25, -0.2) is 0 Å². The number of thioether (sulfide) groups is 1. The molecule has 19 heavy (non-hydrogen) atoms. The van der Waals surface area contributed by atoms with Crippen molar-refractivity contribution >= 4 is 35.0 Å².